The average molecular weight is 441 g/mol. The summed E-state index contributed by atoms with van der Waals surface area (Å²) in [5.41, 5.74) is 4.86. The van der Waals surface area contributed by atoms with Crippen molar-refractivity contribution in [3.8, 4) is 0 Å². The highest BCUT2D eigenvalue weighted by Gasteiger charge is 2.40. The molecule has 2 heterocycles. The van der Waals surface area contributed by atoms with E-state index in [-0.39, 0.29) is 6.03 Å². The van der Waals surface area contributed by atoms with E-state index in [0.29, 0.717) is 36.6 Å². The van der Waals surface area contributed by atoms with Crippen molar-refractivity contribution in [2.45, 2.75) is 32.4 Å². The van der Waals surface area contributed by atoms with Gasteiger partial charge in [0.05, 0.1) is 5.71 Å². The number of hydrogen-bond donors (Lipinski definition) is 1. The molecule has 0 aliphatic carbocycles. The molecule has 2 amide bonds. The van der Waals surface area contributed by atoms with Gasteiger partial charge in [-0.25, -0.2) is 9.79 Å². The molecule has 2 aliphatic heterocycles. The summed E-state index contributed by atoms with van der Waals surface area (Å²) in [4.78, 5) is 24.6. The standard InChI is InChI=1S/C23H25ClN4OS/c1-15-7-8-17(13-16(15)2)20-21(30-3)27-23(26-20)9-11-28(12-10-23)22(29)25-19-6-4-5-18(24)14-19/h4-8,13-14H,9-12H2,1-3H3,(H,25,29). The predicted octanol–water partition coefficient (Wildman–Crippen LogP) is 5.55. The third kappa shape index (κ3) is 4.25. The summed E-state index contributed by atoms with van der Waals surface area (Å²) >= 11 is 7.65. The van der Waals surface area contributed by atoms with Crippen LogP contribution in [0.15, 0.2) is 52.4 Å². The average Bonchev–Trinajstić information content (AvgIpc) is 3.09. The largest absolute Gasteiger partial charge is 0.324 e. The SMILES string of the molecule is CSC1=NC2(CCN(C(=O)Nc3cccc(Cl)c3)CC2)N=C1c1ccc(C)c(C)c1. The molecule has 0 unspecified atom stereocenters. The van der Waals surface area contributed by atoms with Crippen LogP contribution in [0.1, 0.15) is 29.5 Å². The lowest BCUT2D eigenvalue weighted by Gasteiger charge is -2.35. The Kier molecular flexibility index (Phi) is 5.89. The van der Waals surface area contributed by atoms with Crippen molar-refractivity contribution in [2.75, 3.05) is 24.7 Å². The molecular weight excluding hydrogens is 416 g/mol. The summed E-state index contributed by atoms with van der Waals surface area (Å²) in [6.45, 7) is 5.46. The van der Waals surface area contributed by atoms with Crippen LogP contribution in [0.2, 0.25) is 5.02 Å². The van der Waals surface area contributed by atoms with E-state index in [9.17, 15) is 4.79 Å². The van der Waals surface area contributed by atoms with Crippen LogP contribution >= 0.6 is 23.4 Å². The summed E-state index contributed by atoms with van der Waals surface area (Å²) in [5, 5.41) is 4.51. The number of aryl methyl sites for hydroxylation is 2. The Hall–Kier alpha value is -2.31. The number of likely N-dealkylation sites (tertiary alicyclic amines) is 1. The number of hydrogen-bond acceptors (Lipinski definition) is 4. The number of carbonyl (C=O) groups excluding carboxylic acids is 1. The van der Waals surface area contributed by atoms with Crippen molar-refractivity contribution in [1.29, 1.82) is 0 Å². The van der Waals surface area contributed by atoms with E-state index in [2.05, 4.69) is 37.4 Å². The van der Waals surface area contributed by atoms with Crippen molar-refractivity contribution >= 4 is 45.8 Å². The van der Waals surface area contributed by atoms with Gasteiger partial charge in [-0.05, 0) is 55.5 Å². The highest BCUT2D eigenvalue weighted by atomic mass is 35.5. The molecule has 0 aromatic heterocycles. The quantitative estimate of drug-likeness (QED) is 0.665. The summed E-state index contributed by atoms with van der Waals surface area (Å²) in [7, 11) is 0. The second-order valence-electron chi connectivity index (χ2n) is 7.79. The molecule has 2 aromatic carbocycles. The Balaban J connectivity index is 1.48. The Bertz CT molecular complexity index is 1040. The molecule has 7 heteroatoms. The number of anilines is 1. The van der Waals surface area contributed by atoms with Crippen molar-refractivity contribution in [1.82, 2.24) is 4.90 Å². The molecule has 2 aromatic rings. The molecule has 0 bridgehead atoms. The Morgan fingerprint density at radius 2 is 1.87 bits per heavy atom. The first kappa shape index (κ1) is 20.9. The van der Waals surface area contributed by atoms with Gasteiger partial charge >= 0.3 is 6.03 Å². The van der Waals surface area contributed by atoms with E-state index < -0.39 is 5.66 Å². The van der Waals surface area contributed by atoms with Gasteiger partial charge in [-0.15, -0.1) is 11.8 Å². The highest BCUT2D eigenvalue weighted by Crippen LogP contribution is 2.35. The van der Waals surface area contributed by atoms with Gasteiger partial charge in [0.15, 0.2) is 5.66 Å². The van der Waals surface area contributed by atoms with Crippen LogP contribution < -0.4 is 5.32 Å². The van der Waals surface area contributed by atoms with Gasteiger partial charge in [-0.3, -0.25) is 4.99 Å². The van der Waals surface area contributed by atoms with Crippen molar-refractivity contribution in [3.05, 3.63) is 64.2 Å². The molecule has 1 saturated heterocycles. The molecule has 2 aliphatic rings. The molecule has 0 atom stereocenters. The Labute approximate surface area is 186 Å². The molecule has 1 fully saturated rings. The molecular formula is C23H25ClN4OS. The van der Waals surface area contributed by atoms with E-state index in [0.717, 1.165) is 16.3 Å². The van der Waals surface area contributed by atoms with Gasteiger partial charge in [0.2, 0.25) is 0 Å². The minimum atomic E-state index is -0.459. The molecule has 0 radical (unpaired) electrons. The topological polar surface area (TPSA) is 57.1 Å². The number of halogens is 1. The first-order valence-corrected chi connectivity index (χ1v) is 11.6. The van der Waals surface area contributed by atoms with Crippen LogP contribution in [0.25, 0.3) is 0 Å². The van der Waals surface area contributed by atoms with E-state index in [1.807, 2.05) is 23.3 Å². The maximum atomic E-state index is 12.7. The number of piperidine rings is 1. The van der Waals surface area contributed by atoms with Crippen LogP contribution in [0.3, 0.4) is 0 Å². The third-order valence-electron chi connectivity index (χ3n) is 5.73. The van der Waals surface area contributed by atoms with Gasteiger partial charge in [0, 0.05) is 42.2 Å². The minimum Gasteiger partial charge on any atom is -0.324 e. The van der Waals surface area contributed by atoms with Crippen molar-refractivity contribution < 1.29 is 4.79 Å². The van der Waals surface area contributed by atoms with E-state index in [1.165, 1.54) is 11.1 Å². The molecule has 30 heavy (non-hydrogen) atoms. The lowest BCUT2D eigenvalue weighted by molar-refractivity contribution is 0.175. The lowest BCUT2D eigenvalue weighted by Crippen LogP contribution is -2.46. The van der Waals surface area contributed by atoms with Gasteiger partial charge < -0.3 is 10.2 Å². The number of benzene rings is 2. The zero-order valence-corrected chi connectivity index (χ0v) is 19.0. The number of rotatable bonds is 2. The molecule has 1 spiro atoms. The summed E-state index contributed by atoms with van der Waals surface area (Å²) < 4.78 is 0. The van der Waals surface area contributed by atoms with Gasteiger partial charge in [-0.1, -0.05) is 29.8 Å². The second kappa shape index (κ2) is 8.44. The normalized spacial score (nSPS) is 17.7. The lowest BCUT2D eigenvalue weighted by atomic mass is 9.98. The number of aliphatic imine (C=N–C) groups is 2. The second-order valence-corrected chi connectivity index (χ2v) is 9.02. The van der Waals surface area contributed by atoms with Gasteiger partial charge in [0.1, 0.15) is 5.04 Å². The maximum absolute atomic E-state index is 12.7. The number of carbonyl (C=O) groups is 1. The van der Waals surface area contributed by atoms with Crippen LogP contribution in [0.4, 0.5) is 10.5 Å². The monoisotopic (exact) mass is 440 g/mol. The number of amides is 2. The van der Waals surface area contributed by atoms with E-state index >= 15 is 0 Å². The van der Waals surface area contributed by atoms with Crippen molar-refractivity contribution in [3.63, 3.8) is 0 Å². The molecule has 4 rings (SSSR count). The van der Waals surface area contributed by atoms with Crippen molar-refractivity contribution in [2.24, 2.45) is 9.98 Å². The van der Waals surface area contributed by atoms with Crippen LogP contribution in [-0.2, 0) is 0 Å². The summed E-state index contributed by atoms with van der Waals surface area (Å²) in [6, 6.07) is 13.5. The summed E-state index contributed by atoms with van der Waals surface area (Å²) in [5.74, 6) is 0. The van der Waals surface area contributed by atoms with Crippen LogP contribution in [0, 0.1) is 13.8 Å². The Morgan fingerprint density at radius 3 is 2.53 bits per heavy atom. The third-order valence-corrected chi connectivity index (χ3v) is 6.64. The number of thioether (sulfide) groups is 1. The van der Waals surface area contributed by atoms with E-state index in [4.69, 9.17) is 21.6 Å². The number of nitrogens with zero attached hydrogens (tertiary/aromatic N) is 3. The fourth-order valence-electron chi connectivity index (χ4n) is 3.80. The predicted molar refractivity (Wildman–Crippen MR) is 127 cm³/mol. The highest BCUT2D eigenvalue weighted by molar-refractivity contribution is 8.15. The fourth-order valence-corrected chi connectivity index (χ4v) is 4.61. The molecule has 0 saturated carbocycles. The molecule has 1 N–H and O–H groups in total. The van der Waals surface area contributed by atoms with Gasteiger partial charge in [0.25, 0.3) is 0 Å². The molecule has 156 valence electrons. The zero-order chi connectivity index (χ0) is 21.3. The smallest absolute Gasteiger partial charge is 0.321 e. The minimum absolute atomic E-state index is 0.113. The van der Waals surface area contributed by atoms with Crippen LogP contribution in [0.5, 0.6) is 0 Å². The van der Waals surface area contributed by atoms with Crippen LogP contribution in [-0.4, -0.2) is 46.7 Å². The number of nitrogens with one attached hydrogen (secondary N) is 1. The molecule has 5 nitrogen and oxygen atoms in total. The van der Waals surface area contributed by atoms with E-state index in [1.54, 1.807) is 23.9 Å². The number of urea groups is 1. The summed E-state index contributed by atoms with van der Waals surface area (Å²) in [6.07, 6.45) is 3.48. The Morgan fingerprint density at radius 1 is 1.10 bits per heavy atom. The first-order chi connectivity index (χ1) is 14.4. The first-order valence-electron chi connectivity index (χ1n) is 10.0. The zero-order valence-electron chi connectivity index (χ0n) is 17.4. The fraction of sp³-hybridized carbons (Fsp3) is 0.348. The maximum Gasteiger partial charge on any atom is 0.321 e. The van der Waals surface area contributed by atoms with Gasteiger partial charge in [-0.2, -0.15) is 0 Å².